The van der Waals surface area contributed by atoms with Crippen molar-refractivity contribution in [3.63, 3.8) is 0 Å². The van der Waals surface area contributed by atoms with Gasteiger partial charge >= 0.3 is 0 Å². The van der Waals surface area contributed by atoms with Crippen LogP contribution >= 0.6 is 21.6 Å². The molecule has 3 nitrogen and oxygen atoms in total. The van der Waals surface area contributed by atoms with E-state index in [-0.39, 0.29) is 11.8 Å². The molecule has 166 valence electrons. The molecule has 28 heavy (non-hydrogen) atoms. The van der Waals surface area contributed by atoms with E-state index in [4.69, 9.17) is 0 Å². The molecule has 0 aromatic rings. The van der Waals surface area contributed by atoms with Gasteiger partial charge in [-0.1, -0.05) is 89.3 Å². The van der Waals surface area contributed by atoms with Crippen molar-refractivity contribution in [2.24, 2.45) is 17.3 Å². The zero-order chi connectivity index (χ0) is 21.6. The molecule has 5 heteroatoms. The molecule has 0 aromatic carbocycles. The molecular weight excluding hydrogens is 386 g/mol. The Hall–Kier alpha value is -0.160. The monoisotopic (exact) mass is 431 g/mol. The van der Waals surface area contributed by atoms with Crippen LogP contribution in [0.3, 0.4) is 0 Å². The molecular formula is C23H45NO2S2. The lowest BCUT2D eigenvalue weighted by Gasteiger charge is -2.26. The minimum Gasteiger partial charge on any atom is -0.356 e. The fourth-order valence-corrected chi connectivity index (χ4v) is 5.65. The van der Waals surface area contributed by atoms with Gasteiger partial charge in [0.25, 0.3) is 0 Å². The summed E-state index contributed by atoms with van der Waals surface area (Å²) in [5, 5.41) is 3.51. The van der Waals surface area contributed by atoms with Crippen molar-refractivity contribution < 1.29 is 9.59 Å². The van der Waals surface area contributed by atoms with Crippen LogP contribution in [0.5, 0.6) is 0 Å². The first-order valence-corrected chi connectivity index (χ1v) is 13.7. The van der Waals surface area contributed by atoms with Crippen LogP contribution in [-0.4, -0.2) is 29.2 Å². The second-order valence-corrected chi connectivity index (χ2v) is 11.4. The molecule has 0 spiro atoms. The van der Waals surface area contributed by atoms with Crippen LogP contribution in [0.2, 0.25) is 0 Å². The maximum Gasteiger partial charge on any atom is 0.220 e. The molecule has 0 heterocycles. The minimum atomic E-state index is 0.168. The normalized spacial score (nSPS) is 15.1. The summed E-state index contributed by atoms with van der Waals surface area (Å²) in [5.74, 6) is 2.17. The Labute approximate surface area is 182 Å². The lowest BCUT2D eigenvalue weighted by atomic mass is 9.81. The summed E-state index contributed by atoms with van der Waals surface area (Å²) in [6.07, 6.45) is 7.53. The summed E-state index contributed by atoms with van der Waals surface area (Å²) in [5.41, 5.74) is 0.343. The number of amides is 1. The van der Waals surface area contributed by atoms with Gasteiger partial charge in [0.2, 0.25) is 5.91 Å². The van der Waals surface area contributed by atoms with Crippen molar-refractivity contribution >= 4 is 33.3 Å². The fraction of sp³-hybridized carbons (Fsp3) is 0.913. The van der Waals surface area contributed by atoms with Crippen LogP contribution < -0.4 is 5.32 Å². The van der Waals surface area contributed by atoms with Crippen molar-refractivity contribution in [2.75, 3.05) is 12.3 Å². The van der Waals surface area contributed by atoms with Crippen molar-refractivity contribution in [1.29, 1.82) is 0 Å². The average molecular weight is 432 g/mol. The Balaban J connectivity index is 3.91. The van der Waals surface area contributed by atoms with Crippen molar-refractivity contribution in [3.8, 4) is 0 Å². The summed E-state index contributed by atoms with van der Waals surface area (Å²) in [7, 11) is 3.59. The molecule has 1 N–H and O–H groups in total. The van der Waals surface area contributed by atoms with E-state index in [0.29, 0.717) is 35.2 Å². The van der Waals surface area contributed by atoms with Gasteiger partial charge in [-0.2, -0.15) is 0 Å². The third-order valence-electron chi connectivity index (χ3n) is 6.38. The summed E-state index contributed by atoms with van der Waals surface area (Å²) < 4.78 is 0. The van der Waals surface area contributed by atoms with Gasteiger partial charge in [-0.25, -0.2) is 0 Å². The topological polar surface area (TPSA) is 46.2 Å². The molecule has 0 saturated carbocycles. The molecule has 0 bridgehead atoms. The van der Waals surface area contributed by atoms with Crippen LogP contribution in [0.1, 0.15) is 99.8 Å². The van der Waals surface area contributed by atoms with E-state index < -0.39 is 0 Å². The molecule has 0 rings (SSSR count). The predicted octanol–water partition coefficient (Wildman–Crippen LogP) is 6.90. The minimum absolute atomic E-state index is 0.168. The zero-order valence-electron chi connectivity index (χ0n) is 19.4. The van der Waals surface area contributed by atoms with E-state index in [1.807, 2.05) is 10.8 Å². The largest absolute Gasteiger partial charge is 0.356 e. The van der Waals surface area contributed by atoms with Crippen molar-refractivity contribution in [3.05, 3.63) is 0 Å². The molecule has 0 saturated heterocycles. The van der Waals surface area contributed by atoms with Gasteiger partial charge in [0.15, 0.2) is 0 Å². The average Bonchev–Trinajstić information content (AvgIpc) is 2.69. The lowest BCUT2D eigenvalue weighted by molar-refractivity contribution is -0.124. The Bertz CT molecular complexity index is 438. The van der Waals surface area contributed by atoms with Gasteiger partial charge in [-0.05, 0) is 30.6 Å². The van der Waals surface area contributed by atoms with Crippen LogP contribution in [0.25, 0.3) is 0 Å². The Kier molecular flexibility index (Phi) is 15.6. The second-order valence-electron chi connectivity index (χ2n) is 8.50. The van der Waals surface area contributed by atoms with E-state index in [9.17, 15) is 9.59 Å². The first kappa shape index (κ1) is 27.8. The Morgan fingerprint density at radius 1 is 1.00 bits per heavy atom. The third kappa shape index (κ3) is 11.7. The Morgan fingerprint density at radius 3 is 2.18 bits per heavy atom. The zero-order valence-corrected chi connectivity index (χ0v) is 21.1. The molecule has 3 unspecified atom stereocenters. The molecule has 0 aromatic heterocycles. The molecule has 1 amide bonds. The standard InChI is InChI=1S/C23H45NO2S2/c1-8-18(5)20(9-2)21(25)14-17-27-28-19(6)12-13-22(26)24-16-15-23(7,10-3)11-4/h18-20H,8-17H2,1-7H3,(H,24,26). The molecule has 3 atom stereocenters. The van der Waals surface area contributed by atoms with E-state index >= 15 is 0 Å². The first-order valence-electron chi connectivity index (χ1n) is 11.3. The SMILES string of the molecule is CCC(C)C(CC)C(=O)CCSSC(C)CCC(=O)NCCC(C)(CC)CC. The summed E-state index contributed by atoms with van der Waals surface area (Å²) >= 11 is 0. The Morgan fingerprint density at radius 2 is 1.64 bits per heavy atom. The van der Waals surface area contributed by atoms with Gasteiger partial charge in [0.1, 0.15) is 5.78 Å². The number of ketones is 1. The van der Waals surface area contributed by atoms with Gasteiger partial charge in [-0.15, -0.1) is 0 Å². The van der Waals surface area contributed by atoms with Gasteiger partial charge < -0.3 is 5.32 Å². The molecule has 0 radical (unpaired) electrons. The number of hydrogen-bond donors (Lipinski definition) is 1. The van der Waals surface area contributed by atoms with E-state index in [0.717, 1.165) is 50.8 Å². The van der Waals surface area contributed by atoms with Crippen LogP contribution in [-0.2, 0) is 9.59 Å². The van der Waals surface area contributed by atoms with E-state index in [2.05, 4.69) is 53.8 Å². The highest BCUT2D eigenvalue weighted by Gasteiger charge is 2.22. The quantitative estimate of drug-likeness (QED) is 0.201. The first-order chi connectivity index (χ1) is 13.2. The third-order valence-corrected chi connectivity index (χ3v) is 9.35. The number of nitrogens with one attached hydrogen (secondary N) is 1. The maximum absolute atomic E-state index is 12.4. The highest BCUT2D eigenvalue weighted by atomic mass is 33.1. The summed E-state index contributed by atoms with van der Waals surface area (Å²) in [4.78, 5) is 24.4. The number of hydrogen-bond acceptors (Lipinski definition) is 4. The van der Waals surface area contributed by atoms with Crippen LogP contribution in [0, 0.1) is 17.3 Å². The number of carbonyl (C=O) groups excluding carboxylic acids is 2. The molecule has 0 fully saturated rings. The van der Waals surface area contributed by atoms with Crippen LogP contribution in [0.4, 0.5) is 0 Å². The number of Topliss-reactive ketones (excluding diaryl/α,β-unsaturated/α-hetero) is 1. The highest BCUT2D eigenvalue weighted by molar-refractivity contribution is 8.76. The number of rotatable bonds is 17. The van der Waals surface area contributed by atoms with Gasteiger partial charge in [-0.3, -0.25) is 9.59 Å². The smallest absolute Gasteiger partial charge is 0.220 e. The maximum atomic E-state index is 12.4. The predicted molar refractivity (Wildman–Crippen MR) is 128 cm³/mol. The molecule has 0 aliphatic heterocycles. The summed E-state index contributed by atoms with van der Waals surface area (Å²) in [6, 6.07) is 0. The van der Waals surface area contributed by atoms with E-state index in [1.54, 1.807) is 10.8 Å². The van der Waals surface area contributed by atoms with Crippen molar-refractivity contribution in [1.82, 2.24) is 5.32 Å². The lowest BCUT2D eigenvalue weighted by Crippen LogP contribution is -2.29. The molecule has 0 aliphatic rings. The van der Waals surface area contributed by atoms with Crippen LogP contribution in [0.15, 0.2) is 0 Å². The van der Waals surface area contributed by atoms with Crippen molar-refractivity contribution in [2.45, 2.75) is 105 Å². The summed E-state index contributed by atoms with van der Waals surface area (Å²) in [6.45, 7) is 16.2. The van der Waals surface area contributed by atoms with Gasteiger partial charge in [0.05, 0.1) is 0 Å². The molecule has 0 aliphatic carbocycles. The van der Waals surface area contributed by atoms with Gasteiger partial charge in [0, 0.05) is 36.3 Å². The van der Waals surface area contributed by atoms with E-state index in [1.165, 1.54) is 0 Å². The highest BCUT2D eigenvalue weighted by Crippen LogP contribution is 2.31. The fourth-order valence-electron chi connectivity index (χ4n) is 3.30. The second kappa shape index (κ2) is 15.6. The number of carbonyl (C=O) groups is 2.